The Bertz CT molecular complexity index is 304. The molecule has 1 aliphatic heterocycles. The fourth-order valence-electron chi connectivity index (χ4n) is 4.33. The third kappa shape index (κ3) is 3.61. The van der Waals surface area contributed by atoms with Crippen molar-refractivity contribution in [1.82, 2.24) is 10.2 Å². The third-order valence-corrected chi connectivity index (χ3v) is 5.38. The van der Waals surface area contributed by atoms with Gasteiger partial charge in [-0.15, -0.1) is 0 Å². The summed E-state index contributed by atoms with van der Waals surface area (Å²) in [6, 6.07) is 0. The number of rotatable bonds is 2. The largest absolute Gasteiger partial charge is 0.310 e. The predicted molar refractivity (Wildman–Crippen MR) is 81.4 cm³/mol. The summed E-state index contributed by atoms with van der Waals surface area (Å²) < 4.78 is 0. The minimum atomic E-state index is 0.471. The smallest absolute Gasteiger partial charge is 0.0308 e. The number of nitrogens with zero attached hydrogens (tertiary/aromatic N) is 1. The number of allylic oxidation sites excluding steroid dienone is 2. The lowest BCUT2D eigenvalue weighted by Gasteiger charge is -2.41. The molecule has 1 spiro atoms. The van der Waals surface area contributed by atoms with Gasteiger partial charge >= 0.3 is 0 Å². The standard InChI is InChI=1S/C17H30N2/c1-3-8-16(9-4-1)14-19-13-7-12-18-17(15-19)10-5-2-6-11-17/h1,3,16,18H,2,4-15H2. The van der Waals surface area contributed by atoms with Gasteiger partial charge in [-0.25, -0.2) is 0 Å². The molecule has 1 atom stereocenters. The highest BCUT2D eigenvalue weighted by Crippen LogP contribution is 2.31. The molecule has 3 rings (SSSR count). The first-order chi connectivity index (χ1) is 9.36. The maximum absolute atomic E-state index is 3.91. The fraction of sp³-hybridized carbons (Fsp3) is 0.882. The quantitative estimate of drug-likeness (QED) is 0.768. The van der Waals surface area contributed by atoms with E-state index in [0.717, 1.165) is 5.92 Å². The van der Waals surface area contributed by atoms with Crippen molar-refractivity contribution in [3.8, 4) is 0 Å². The Morgan fingerprint density at radius 2 is 2.00 bits per heavy atom. The molecular formula is C17H30N2. The van der Waals surface area contributed by atoms with Crippen LogP contribution in [0.25, 0.3) is 0 Å². The van der Waals surface area contributed by atoms with Crippen molar-refractivity contribution < 1.29 is 0 Å². The van der Waals surface area contributed by atoms with E-state index in [4.69, 9.17) is 0 Å². The van der Waals surface area contributed by atoms with E-state index in [9.17, 15) is 0 Å². The van der Waals surface area contributed by atoms with Gasteiger partial charge in [0.15, 0.2) is 0 Å². The van der Waals surface area contributed by atoms with Gasteiger partial charge in [0.05, 0.1) is 0 Å². The molecule has 1 N–H and O–H groups in total. The van der Waals surface area contributed by atoms with Crippen LogP contribution in [0.5, 0.6) is 0 Å². The average molecular weight is 262 g/mol. The van der Waals surface area contributed by atoms with E-state index in [1.807, 2.05) is 0 Å². The van der Waals surface area contributed by atoms with Crippen LogP contribution in [0.15, 0.2) is 12.2 Å². The van der Waals surface area contributed by atoms with E-state index in [2.05, 4.69) is 22.4 Å². The lowest BCUT2D eigenvalue weighted by Crippen LogP contribution is -2.53. The number of nitrogens with one attached hydrogen (secondary N) is 1. The minimum Gasteiger partial charge on any atom is -0.310 e. The van der Waals surface area contributed by atoms with Crippen LogP contribution in [0, 0.1) is 5.92 Å². The van der Waals surface area contributed by atoms with Gasteiger partial charge < -0.3 is 10.2 Å². The van der Waals surface area contributed by atoms with Gasteiger partial charge in [0.1, 0.15) is 0 Å². The van der Waals surface area contributed by atoms with Gasteiger partial charge in [0, 0.05) is 18.6 Å². The fourth-order valence-corrected chi connectivity index (χ4v) is 4.33. The van der Waals surface area contributed by atoms with Crippen LogP contribution in [-0.2, 0) is 0 Å². The normalized spacial score (nSPS) is 32.3. The zero-order chi connectivity index (χ0) is 13.0. The molecule has 0 amide bonds. The molecule has 1 heterocycles. The van der Waals surface area contributed by atoms with Crippen LogP contribution in [0.4, 0.5) is 0 Å². The summed E-state index contributed by atoms with van der Waals surface area (Å²) in [6.07, 6.45) is 17.3. The van der Waals surface area contributed by atoms with Crippen molar-refractivity contribution in [2.24, 2.45) is 5.92 Å². The number of hydrogen-bond acceptors (Lipinski definition) is 2. The third-order valence-electron chi connectivity index (χ3n) is 5.38. The Hall–Kier alpha value is -0.340. The van der Waals surface area contributed by atoms with E-state index in [1.165, 1.54) is 84.0 Å². The highest BCUT2D eigenvalue weighted by molar-refractivity contribution is 4.97. The van der Waals surface area contributed by atoms with Gasteiger partial charge in [-0.3, -0.25) is 0 Å². The van der Waals surface area contributed by atoms with Crippen molar-refractivity contribution >= 4 is 0 Å². The monoisotopic (exact) mass is 262 g/mol. The lowest BCUT2D eigenvalue weighted by molar-refractivity contribution is 0.146. The second-order valence-corrected chi connectivity index (χ2v) is 7.01. The first kappa shape index (κ1) is 13.6. The van der Waals surface area contributed by atoms with Gasteiger partial charge in [-0.05, 0) is 57.5 Å². The molecule has 2 nitrogen and oxygen atoms in total. The van der Waals surface area contributed by atoms with Crippen molar-refractivity contribution in [1.29, 1.82) is 0 Å². The number of hydrogen-bond donors (Lipinski definition) is 1. The molecule has 0 aromatic heterocycles. The molecule has 1 unspecified atom stereocenters. The van der Waals surface area contributed by atoms with Crippen molar-refractivity contribution in [3.05, 3.63) is 12.2 Å². The van der Waals surface area contributed by atoms with Crippen LogP contribution in [0.1, 0.15) is 57.8 Å². The summed E-state index contributed by atoms with van der Waals surface area (Å²) in [5.41, 5.74) is 0.471. The maximum atomic E-state index is 3.91. The molecule has 2 fully saturated rings. The Balaban J connectivity index is 1.59. The summed E-state index contributed by atoms with van der Waals surface area (Å²) in [6.45, 7) is 5.21. The summed E-state index contributed by atoms with van der Waals surface area (Å²) >= 11 is 0. The predicted octanol–water partition coefficient (Wildman–Crippen LogP) is 3.34. The Labute approximate surface area is 118 Å². The van der Waals surface area contributed by atoms with Crippen molar-refractivity contribution in [2.45, 2.75) is 63.3 Å². The van der Waals surface area contributed by atoms with Gasteiger partial charge in [-0.1, -0.05) is 31.4 Å². The second kappa shape index (κ2) is 6.41. The minimum absolute atomic E-state index is 0.471. The van der Waals surface area contributed by atoms with E-state index in [-0.39, 0.29) is 0 Å². The zero-order valence-electron chi connectivity index (χ0n) is 12.4. The van der Waals surface area contributed by atoms with Crippen molar-refractivity contribution in [3.63, 3.8) is 0 Å². The Morgan fingerprint density at radius 3 is 2.79 bits per heavy atom. The first-order valence-electron chi connectivity index (χ1n) is 8.49. The van der Waals surface area contributed by atoms with Gasteiger partial charge in [0.25, 0.3) is 0 Å². The molecule has 3 aliphatic rings. The summed E-state index contributed by atoms with van der Waals surface area (Å²) in [4.78, 5) is 2.79. The first-order valence-corrected chi connectivity index (χ1v) is 8.49. The molecule has 1 saturated carbocycles. The molecule has 2 aliphatic carbocycles. The molecule has 0 aromatic rings. The maximum Gasteiger partial charge on any atom is 0.0308 e. The molecule has 2 heteroatoms. The Morgan fingerprint density at radius 1 is 1.11 bits per heavy atom. The van der Waals surface area contributed by atoms with Gasteiger partial charge in [-0.2, -0.15) is 0 Å². The molecule has 1 saturated heterocycles. The summed E-state index contributed by atoms with van der Waals surface area (Å²) in [5, 5.41) is 3.91. The topological polar surface area (TPSA) is 15.3 Å². The zero-order valence-corrected chi connectivity index (χ0v) is 12.4. The van der Waals surface area contributed by atoms with E-state index < -0.39 is 0 Å². The SMILES string of the molecule is C1=CCC(CN2CCCNC3(CCCCC3)C2)CC1. The van der Waals surface area contributed by atoms with E-state index in [0.29, 0.717) is 5.54 Å². The highest BCUT2D eigenvalue weighted by Gasteiger charge is 2.35. The van der Waals surface area contributed by atoms with Crippen LogP contribution in [0.3, 0.4) is 0 Å². The second-order valence-electron chi connectivity index (χ2n) is 7.01. The van der Waals surface area contributed by atoms with Gasteiger partial charge in [0.2, 0.25) is 0 Å². The Kier molecular flexibility index (Phi) is 4.60. The molecular weight excluding hydrogens is 232 g/mol. The van der Waals surface area contributed by atoms with Crippen LogP contribution < -0.4 is 5.32 Å². The van der Waals surface area contributed by atoms with Crippen LogP contribution in [0.2, 0.25) is 0 Å². The van der Waals surface area contributed by atoms with E-state index >= 15 is 0 Å². The average Bonchev–Trinajstić information content (AvgIpc) is 2.63. The lowest BCUT2D eigenvalue weighted by atomic mass is 9.81. The highest BCUT2D eigenvalue weighted by atomic mass is 15.2. The molecule has 0 aromatic carbocycles. The van der Waals surface area contributed by atoms with Crippen LogP contribution in [-0.4, -0.2) is 36.6 Å². The van der Waals surface area contributed by atoms with Crippen molar-refractivity contribution in [2.75, 3.05) is 26.2 Å². The molecule has 0 radical (unpaired) electrons. The molecule has 108 valence electrons. The molecule has 0 bridgehead atoms. The summed E-state index contributed by atoms with van der Waals surface area (Å²) in [7, 11) is 0. The molecule has 19 heavy (non-hydrogen) atoms. The van der Waals surface area contributed by atoms with E-state index in [1.54, 1.807) is 0 Å². The van der Waals surface area contributed by atoms with Crippen LogP contribution >= 0.6 is 0 Å². The summed E-state index contributed by atoms with van der Waals surface area (Å²) in [5.74, 6) is 0.920.